The predicted molar refractivity (Wildman–Crippen MR) is 33.1 cm³/mol. The highest BCUT2D eigenvalue weighted by atomic mass is 32.2. The molecule has 0 N–H and O–H groups in total. The number of rotatable bonds is 3. The van der Waals surface area contributed by atoms with Crippen LogP contribution >= 0.6 is 0 Å². The van der Waals surface area contributed by atoms with Crippen LogP contribution in [-0.2, 0) is 15.4 Å². The molecule has 0 aromatic heterocycles. The molecular formula is C4H9NO2S. The van der Waals surface area contributed by atoms with Gasteiger partial charge in [-0.2, -0.15) is 8.51 Å². The molecule has 0 aliphatic rings. The first kappa shape index (κ1) is 7.65. The fourth-order valence-corrected chi connectivity index (χ4v) is 0.433. The zero-order valence-corrected chi connectivity index (χ0v) is 5.77. The van der Waals surface area contributed by atoms with E-state index < -0.39 is 11.3 Å². The van der Waals surface area contributed by atoms with Gasteiger partial charge in [0.25, 0.3) is 11.3 Å². The number of hydrogen-bond acceptors (Lipinski definition) is 2. The van der Waals surface area contributed by atoms with Gasteiger partial charge in [-0.25, -0.2) is 0 Å². The van der Waals surface area contributed by atoms with Crippen molar-refractivity contribution in [1.82, 2.24) is 4.31 Å². The molecule has 0 heterocycles. The predicted octanol–water partition coefficient (Wildman–Crippen LogP) is 0.287. The third kappa shape index (κ3) is 2.76. The lowest BCUT2D eigenvalue weighted by atomic mass is 11.2. The first-order chi connectivity index (χ1) is 3.68. The van der Waals surface area contributed by atoms with Crippen molar-refractivity contribution in [3.05, 3.63) is 12.8 Å². The van der Waals surface area contributed by atoms with Crippen molar-refractivity contribution < 1.29 is 8.39 Å². The molecule has 0 aliphatic heterocycles. The lowest BCUT2D eigenvalue weighted by molar-refractivity contribution is 0.452. The molecule has 4 heteroatoms. The van der Waals surface area contributed by atoms with Crippen molar-refractivity contribution in [1.29, 1.82) is 0 Å². The fraction of sp³-hybridized carbons (Fsp3) is 0.500. The Balaban J connectivity index is 3.48. The molecular weight excluding hydrogens is 126 g/mol. The summed E-state index contributed by atoms with van der Waals surface area (Å²) in [5.41, 5.74) is 0. The molecule has 8 heavy (non-hydrogen) atoms. The van der Waals surface area contributed by atoms with E-state index in [0.29, 0.717) is 0 Å². The van der Waals surface area contributed by atoms with E-state index in [-0.39, 0.29) is 0 Å². The molecule has 0 bridgehead atoms. The van der Waals surface area contributed by atoms with Gasteiger partial charge in [-0.1, -0.05) is 6.58 Å². The largest absolute Gasteiger partial charge is 0.398 e. The van der Waals surface area contributed by atoms with Crippen LogP contribution in [0.5, 0.6) is 0 Å². The Labute approximate surface area is 51.7 Å². The van der Waals surface area contributed by atoms with E-state index >= 15 is 0 Å². The van der Waals surface area contributed by atoms with Crippen LogP contribution in [0, 0.1) is 0 Å². The molecule has 0 saturated carbocycles. The monoisotopic (exact) mass is 135 g/mol. The summed E-state index contributed by atoms with van der Waals surface area (Å²) >= 11 is -1.36. The third-order valence-electron chi connectivity index (χ3n) is 0.449. The lowest BCUT2D eigenvalue weighted by Crippen LogP contribution is -2.15. The molecule has 48 valence electrons. The molecule has 0 amide bonds. The van der Waals surface area contributed by atoms with Crippen molar-refractivity contribution >= 4 is 11.3 Å². The lowest BCUT2D eigenvalue weighted by Gasteiger charge is -2.04. The summed E-state index contributed by atoms with van der Waals surface area (Å²) in [4.78, 5) is 0. The van der Waals surface area contributed by atoms with Crippen molar-refractivity contribution in [3.8, 4) is 0 Å². The van der Waals surface area contributed by atoms with Crippen molar-refractivity contribution in [3.63, 3.8) is 0 Å². The van der Waals surface area contributed by atoms with Gasteiger partial charge in [-0.15, -0.1) is 0 Å². The maximum absolute atomic E-state index is 10.5. The van der Waals surface area contributed by atoms with E-state index in [1.807, 2.05) is 0 Å². The van der Waals surface area contributed by atoms with Gasteiger partial charge in [-0.05, 0) is 0 Å². The topological polar surface area (TPSA) is 29.5 Å². The second kappa shape index (κ2) is 3.63. The average Bonchev–Trinajstić information content (AvgIpc) is 1.67. The highest BCUT2D eigenvalue weighted by molar-refractivity contribution is 7.77. The molecule has 0 aliphatic carbocycles. The van der Waals surface area contributed by atoms with Gasteiger partial charge in [0.15, 0.2) is 0 Å². The Morgan fingerprint density at radius 2 is 2.25 bits per heavy atom. The minimum Gasteiger partial charge on any atom is -0.398 e. The standard InChI is InChI=1S/C4H9NO2S/c1-4-7-8(6)5(2)3/h4H,1H2,2-3H3. The van der Waals surface area contributed by atoms with E-state index in [9.17, 15) is 4.21 Å². The molecule has 0 fully saturated rings. The van der Waals surface area contributed by atoms with Gasteiger partial charge in [0, 0.05) is 14.1 Å². The first-order valence-electron chi connectivity index (χ1n) is 2.05. The van der Waals surface area contributed by atoms with E-state index in [1.165, 1.54) is 4.31 Å². The molecule has 0 saturated heterocycles. The summed E-state index contributed by atoms with van der Waals surface area (Å²) < 4.78 is 16.4. The second-order valence-electron chi connectivity index (χ2n) is 1.29. The Bertz CT molecular complexity index is 102. The maximum Gasteiger partial charge on any atom is 0.289 e. The van der Waals surface area contributed by atoms with Crippen LogP contribution in [-0.4, -0.2) is 22.6 Å². The van der Waals surface area contributed by atoms with E-state index in [2.05, 4.69) is 10.8 Å². The van der Waals surface area contributed by atoms with Crippen LogP contribution < -0.4 is 0 Å². The number of nitrogens with zero attached hydrogens (tertiary/aromatic N) is 1. The highest BCUT2D eigenvalue weighted by Gasteiger charge is 1.97. The Hall–Kier alpha value is -0.350. The first-order valence-corrected chi connectivity index (χ1v) is 3.09. The Morgan fingerprint density at radius 3 is 2.38 bits per heavy atom. The Morgan fingerprint density at radius 1 is 1.75 bits per heavy atom. The zero-order valence-electron chi connectivity index (χ0n) is 4.96. The van der Waals surface area contributed by atoms with Crippen LogP contribution in [0.1, 0.15) is 0 Å². The quantitative estimate of drug-likeness (QED) is 0.520. The Kier molecular flexibility index (Phi) is 3.47. The molecule has 0 radical (unpaired) electrons. The highest BCUT2D eigenvalue weighted by Crippen LogP contribution is 1.87. The molecule has 0 aromatic rings. The maximum atomic E-state index is 10.5. The van der Waals surface area contributed by atoms with Crippen LogP contribution in [0.2, 0.25) is 0 Å². The van der Waals surface area contributed by atoms with E-state index in [4.69, 9.17) is 0 Å². The van der Waals surface area contributed by atoms with Crippen LogP contribution in [0.15, 0.2) is 12.8 Å². The summed E-state index contributed by atoms with van der Waals surface area (Å²) in [6, 6.07) is 0. The minimum absolute atomic E-state index is 1.15. The normalized spacial score (nSPS) is 13.4. The summed E-state index contributed by atoms with van der Waals surface area (Å²) in [6.45, 7) is 3.24. The molecule has 3 nitrogen and oxygen atoms in total. The molecule has 1 unspecified atom stereocenters. The molecule has 1 atom stereocenters. The van der Waals surface area contributed by atoms with Gasteiger partial charge < -0.3 is 4.18 Å². The third-order valence-corrected chi connectivity index (χ3v) is 1.35. The van der Waals surface area contributed by atoms with Gasteiger partial charge in [0.2, 0.25) is 0 Å². The summed E-state index contributed by atoms with van der Waals surface area (Å²) in [5.74, 6) is 0. The van der Waals surface area contributed by atoms with Crippen LogP contribution in [0.3, 0.4) is 0 Å². The fourth-order valence-electron chi connectivity index (χ4n) is 0.144. The van der Waals surface area contributed by atoms with Gasteiger partial charge in [-0.3, -0.25) is 0 Å². The molecule has 0 rings (SSSR count). The van der Waals surface area contributed by atoms with Crippen LogP contribution in [0.25, 0.3) is 0 Å². The zero-order chi connectivity index (χ0) is 6.57. The minimum atomic E-state index is -1.36. The smallest absolute Gasteiger partial charge is 0.289 e. The van der Waals surface area contributed by atoms with Gasteiger partial charge in [0.05, 0.1) is 6.26 Å². The summed E-state index contributed by atoms with van der Waals surface area (Å²) in [5, 5.41) is 0. The van der Waals surface area contributed by atoms with Crippen molar-refractivity contribution in [2.24, 2.45) is 0 Å². The average molecular weight is 135 g/mol. The molecule has 0 spiro atoms. The van der Waals surface area contributed by atoms with Crippen LogP contribution in [0.4, 0.5) is 0 Å². The summed E-state index contributed by atoms with van der Waals surface area (Å²) in [7, 11) is 3.30. The van der Waals surface area contributed by atoms with Gasteiger partial charge in [0.1, 0.15) is 0 Å². The number of hydrogen-bond donors (Lipinski definition) is 0. The second-order valence-corrected chi connectivity index (χ2v) is 2.65. The van der Waals surface area contributed by atoms with Crippen molar-refractivity contribution in [2.75, 3.05) is 14.1 Å². The molecule has 0 aromatic carbocycles. The van der Waals surface area contributed by atoms with Gasteiger partial charge >= 0.3 is 0 Å². The SMILES string of the molecule is C=COS(=O)N(C)C. The van der Waals surface area contributed by atoms with E-state index in [0.717, 1.165) is 6.26 Å². The summed E-state index contributed by atoms with van der Waals surface area (Å²) in [6.07, 6.45) is 1.15. The van der Waals surface area contributed by atoms with Crippen molar-refractivity contribution in [2.45, 2.75) is 0 Å². The van der Waals surface area contributed by atoms with E-state index in [1.54, 1.807) is 14.1 Å².